The highest BCUT2D eigenvalue weighted by Crippen LogP contribution is 2.07. The van der Waals surface area contributed by atoms with E-state index in [2.05, 4.69) is 16.3 Å². The molecule has 10 heavy (non-hydrogen) atoms. The summed E-state index contributed by atoms with van der Waals surface area (Å²) in [4.78, 5) is 3.85. The van der Waals surface area contributed by atoms with E-state index < -0.39 is 0 Å². The predicted octanol–water partition coefficient (Wildman–Crippen LogP) is 0.768. The lowest BCUT2D eigenvalue weighted by Gasteiger charge is -1.89. The van der Waals surface area contributed by atoms with Gasteiger partial charge in [-0.3, -0.25) is 9.67 Å². The van der Waals surface area contributed by atoms with E-state index >= 15 is 0 Å². The Bertz CT molecular complexity index is 350. The lowest BCUT2D eigenvalue weighted by molar-refractivity contribution is 0.796. The van der Waals surface area contributed by atoms with Crippen LogP contribution in [0.2, 0.25) is 0 Å². The molecule has 3 heteroatoms. The third kappa shape index (κ3) is 0.603. The zero-order valence-corrected chi connectivity index (χ0v) is 5.57. The fourth-order valence-electron chi connectivity index (χ4n) is 0.945. The number of hydrogen-bond acceptors (Lipinski definition) is 2. The van der Waals surface area contributed by atoms with Crippen molar-refractivity contribution in [3.05, 3.63) is 24.7 Å². The predicted molar refractivity (Wildman–Crippen MR) is 37.3 cm³/mol. The molecule has 2 rings (SSSR count). The first-order valence-corrected chi connectivity index (χ1v) is 3.02. The van der Waals surface area contributed by atoms with Crippen LogP contribution in [-0.2, 0) is 7.05 Å². The molecule has 0 unspecified atom stereocenters. The van der Waals surface area contributed by atoms with E-state index in [4.69, 9.17) is 0 Å². The van der Waals surface area contributed by atoms with Gasteiger partial charge in [-0.25, -0.2) is 0 Å². The number of nitrogens with zero attached hydrogens (tertiary/aromatic N) is 3. The van der Waals surface area contributed by atoms with Crippen molar-refractivity contribution in [1.82, 2.24) is 14.8 Å². The second kappa shape index (κ2) is 1.80. The Morgan fingerprint density at radius 2 is 2.40 bits per heavy atom. The molecule has 0 aromatic carbocycles. The van der Waals surface area contributed by atoms with Crippen LogP contribution in [-0.4, -0.2) is 14.8 Å². The molecule has 3 nitrogen and oxygen atoms in total. The van der Waals surface area contributed by atoms with Gasteiger partial charge in [-0.2, -0.15) is 5.10 Å². The van der Waals surface area contributed by atoms with Crippen molar-refractivity contribution in [2.24, 2.45) is 7.05 Å². The minimum Gasteiger partial charge on any atom is -0.268 e. The number of hydrogen-bond donors (Lipinski definition) is 0. The first-order valence-electron chi connectivity index (χ1n) is 3.02. The van der Waals surface area contributed by atoms with Crippen molar-refractivity contribution in [3.63, 3.8) is 0 Å². The minimum atomic E-state index is 1.06. The van der Waals surface area contributed by atoms with Gasteiger partial charge in [-0.1, -0.05) is 0 Å². The third-order valence-electron chi connectivity index (χ3n) is 1.49. The van der Waals surface area contributed by atoms with Crippen LogP contribution in [0.5, 0.6) is 0 Å². The molecule has 49 valence electrons. The SMILES string of the molecule is Cn1ncc2cn[c]cc21. The highest BCUT2D eigenvalue weighted by atomic mass is 15.2. The monoisotopic (exact) mass is 132 g/mol. The minimum absolute atomic E-state index is 1.06. The molecule has 0 atom stereocenters. The average Bonchev–Trinajstić information content (AvgIpc) is 2.34. The number of pyridine rings is 1. The fourth-order valence-corrected chi connectivity index (χ4v) is 0.945. The van der Waals surface area contributed by atoms with Gasteiger partial charge in [0.05, 0.1) is 17.9 Å². The van der Waals surface area contributed by atoms with Crippen molar-refractivity contribution >= 4 is 10.9 Å². The summed E-state index contributed by atoms with van der Waals surface area (Å²) >= 11 is 0. The van der Waals surface area contributed by atoms with Crippen LogP contribution in [0.25, 0.3) is 10.9 Å². The molecule has 0 amide bonds. The molecule has 0 saturated heterocycles. The van der Waals surface area contributed by atoms with Crippen LogP contribution < -0.4 is 0 Å². The highest BCUT2D eigenvalue weighted by molar-refractivity contribution is 5.76. The molecule has 1 radical (unpaired) electrons. The molecule has 0 saturated carbocycles. The van der Waals surface area contributed by atoms with Gasteiger partial charge in [0.1, 0.15) is 0 Å². The Morgan fingerprint density at radius 3 is 3.20 bits per heavy atom. The Balaban J connectivity index is 2.93. The van der Waals surface area contributed by atoms with Crippen LogP contribution in [0.3, 0.4) is 0 Å². The van der Waals surface area contributed by atoms with Crippen LogP contribution in [0.1, 0.15) is 0 Å². The van der Waals surface area contributed by atoms with E-state index in [0.717, 1.165) is 10.9 Å². The van der Waals surface area contributed by atoms with E-state index in [1.807, 2.05) is 13.1 Å². The zero-order valence-electron chi connectivity index (χ0n) is 5.57. The van der Waals surface area contributed by atoms with Gasteiger partial charge in [0.15, 0.2) is 0 Å². The quantitative estimate of drug-likeness (QED) is 0.530. The first kappa shape index (κ1) is 5.41. The summed E-state index contributed by atoms with van der Waals surface area (Å²) in [6, 6.07) is 1.82. The summed E-state index contributed by atoms with van der Waals surface area (Å²) < 4.78 is 1.80. The van der Waals surface area contributed by atoms with Gasteiger partial charge in [0, 0.05) is 18.6 Å². The molecule has 2 aromatic heterocycles. The largest absolute Gasteiger partial charge is 0.268 e. The second-order valence-electron chi connectivity index (χ2n) is 2.14. The average molecular weight is 132 g/mol. The molecule has 0 aliphatic heterocycles. The molecule has 0 fully saturated rings. The van der Waals surface area contributed by atoms with E-state index in [1.54, 1.807) is 17.1 Å². The van der Waals surface area contributed by atoms with Crippen LogP contribution in [0.4, 0.5) is 0 Å². The number of rotatable bonds is 0. The lowest BCUT2D eigenvalue weighted by atomic mass is 10.3. The molecule has 2 aromatic rings. The molecule has 0 bridgehead atoms. The van der Waals surface area contributed by atoms with Gasteiger partial charge in [-0.15, -0.1) is 0 Å². The van der Waals surface area contributed by atoms with Crippen molar-refractivity contribution in [3.8, 4) is 0 Å². The molecule has 0 N–H and O–H groups in total. The number of aryl methyl sites for hydroxylation is 1. The van der Waals surface area contributed by atoms with E-state index in [9.17, 15) is 0 Å². The molecule has 0 aliphatic carbocycles. The standard InChI is InChI=1S/C7H6N3/c1-10-7-2-3-8-4-6(7)5-9-10/h2,4-5H,1H3. The van der Waals surface area contributed by atoms with Crippen LogP contribution in [0.15, 0.2) is 18.5 Å². The smallest absolute Gasteiger partial charge is 0.0908 e. The van der Waals surface area contributed by atoms with E-state index in [1.165, 1.54) is 0 Å². The number of aromatic nitrogens is 3. The van der Waals surface area contributed by atoms with E-state index in [0.29, 0.717) is 0 Å². The van der Waals surface area contributed by atoms with Gasteiger partial charge >= 0.3 is 0 Å². The summed E-state index contributed by atoms with van der Waals surface area (Å²) in [6.45, 7) is 0. The summed E-state index contributed by atoms with van der Waals surface area (Å²) in [5, 5.41) is 5.11. The Morgan fingerprint density at radius 1 is 1.50 bits per heavy atom. The van der Waals surface area contributed by atoms with E-state index in [-0.39, 0.29) is 0 Å². The highest BCUT2D eigenvalue weighted by Gasteiger charge is 1.95. The van der Waals surface area contributed by atoms with Crippen molar-refractivity contribution in [2.45, 2.75) is 0 Å². The molecule has 0 aliphatic rings. The maximum atomic E-state index is 4.05. The molecule has 0 spiro atoms. The molecular weight excluding hydrogens is 126 g/mol. The Kier molecular flexibility index (Phi) is 0.974. The lowest BCUT2D eigenvalue weighted by Crippen LogP contribution is -1.87. The summed E-state index contributed by atoms with van der Waals surface area (Å²) in [7, 11) is 1.90. The van der Waals surface area contributed by atoms with Gasteiger partial charge < -0.3 is 0 Å². The van der Waals surface area contributed by atoms with Crippen molar-refractivity contribution < 1.29 is 0 Å². The number of fused-ring (bicyclic) bond motifs is 1. The summed E-state index contributed by atoms with van der Waals surface area (Å²) in [5.41, 5.74) is 1.06. The third-order valence-corrected chi connectivity index (χ3v) is 1.49. The van der Waals surface area contributed by atoms with Crippen molar-refractivity contribution in [1.29, 1.82) is 0 Å². The maximum Gasteiger partial charge on any atom is 0.0908 e. The Labute approximate surface area is 58.3 Å². The van der Waals surface area contributed by atoms with Crippen LogP contribution in [0, 0.1) is 6.20 Å². The molecule has 2 heterocycles. The first-order chi connectivity index (χ1) is 4.88. The maximum absolute atomic E-state index is 4.05. The summed E-state index contributed by atoms with van der Waals surface area (Å²) in [5.74, 6) is 0. The second-order valence-corrected chi connectivity index (χ2v) is 2.14. The summed E-state index contributed by atoms with van der Waals surface area (Å²) in [6.07, 6.45) is 6.29. The Hall–Kier alpha value is -1.38. The zero-order chi connectivity index (χ0) is 6.97. The molecular formula is C7H6N3. The van der Waals surface area contributed by atoms with Crippen molar-refractivity contribution in [2.75, 3.05) is 0 Å². The fraction of sp³-hybridized carbons (Fsp3) is 0.143. The van der Waals surface area contributed by atoms with Crippen LogP contribution >= 0.6 is 0 Å². The van der Waals surface area contributed by atoms with Gasteiger partial charge in [-0.05, 0) is 6.07 Å². The topological polar surface area (TPSA) is 30.7 Å². The normalized spacial score (nSPS) is 10.5. The van der Waals surface area contributed by atoms with Gasteiger partial charge in [0.2, 0.25) is 0 Å². The van der Waals surface area contributed by atoms with Gasteiger partial charge in [0.25, 0.3) is 0 Å².